The van der Waals surface area contributed by atoms with E-state index in [9.17, 15) is 34.2 Å². The van der Waals surface area contributed by atoms with E-state index in [2.05, 4.69) is 0 Å². The summed E-state index contributed by atoms with van der Waals surface area (Å²) in [7, 11) is 0. The Bertz CT molecular complexity index is 1430. The summed E-state index contributed by atoms with van der Waals surface area (Å²) in [6.45, 7) is 0. The Hall–Kier alpha value is -4.99. The second kappa shape index (κ2) is 9.02. The third-order valence-electron chi connectivity index (χ3n) is 4.57. The van der Waals surface area contributed by atoms with Crippen LogP contribution in [0.3, 0.4) is 0 Å². The maximum Gasteiger partial charge on any atom is 0.376 e. The van der Waals surface area contributed by atoms with Crippen LogP contribution in [0.15, 0.2) is 71.7 Å². The van der Waals surface area contributed by atoms with E-state index >= 15 is 0 Å². The van der Waals surface area contributed by atoms with Gasteiger partial charge in [-0.1, -0.05) is 18.2 Å². The highest BCUT2D eigenvalue weighted by molar-refractivity contribution is 6.39. The number of aliphatic carboxylic acids is 2. The lowest BCUT2D eigenvalue weighted by Gasteiger charge is -2.14. The van der Waals surface area contributed by atoms with E-state index in [1.807, 2.05) is 0 Å². The summed E-state index contributed by atoms with van der Waals surface area (Å²) in [5.41, 5.74) is -0.398. The predicted molar refractivity (Wildman–Crippen MR) is 116 cm³/mol. The summed E-state index contributed by atoms with van der Waals surface area (Å²) in [5.74, 6) is -8.03. The Morgan fingerprint density at radius 1 is 0.758 bits per heavy atom. The van der Waals surface area contributed by atoms with Gasteiger partial charge in [-0.3, -0.25) is 14.4 Å². The van der Waals surface area contributed by atoms with Crippen LogP contribution in [0, 0.1) is 0 Å². The average molecular weight is 449 g/mol. The van der Waals surface area contributed by atoms with Gasteiger partial charge in [-0.05, 0) is 30.3 Å². The molecule has 1 aromatic heterocycles. The standard InChI is InChI=1S/C23H15NO9/c25-17(9-19(27)22(30)31)12-6-7-16-14(8-12)21(29)15(18(26)10-20(28)23(32)33)11-24(16)13-4-2-1-3-5-13/h1-11,25-26H,(H,30,31)(H,32,33)/b17-9-,18-10-. The highest BCUT2D eigenvalue weighted by atomic mass is 16.4. The van der Waals surface area contributed by atoms with E-state index in [-0.39, 0.29) is 10.9 Å². The van der Waals surface area contributed by atoms with E-state index in [1.165, 1.54) is 29.0 Å². The zero-order valence-electron chi connectivity index (χ0n) is 16.6. The fourth-order valence-corrected chi connectivity index (χ4v) is 3.01. The SMILES string of the molecule is O=C(O)C(=O)/C=C(\O)c1ccc2c(c1)c(=O)c(/C(O)=C/C(=O)C(=O)O)cn2-c1ccccc1. The van der Waals surface area contributed by atoms with Crippen LogP contribution >= 0.6 is 0 Å². The number of carbonyl (C=O) groups is 4. The Balaban J connectivity index is 2.32. The van der Waals surface area contributed by atoms with Crippen LogP contribution in [0.5, 0.6) is 0 Å². The molecule has 0 radical (unpaired) electrons. The van der Waals surface area contributed by atoms with Crippen LogP contribution in [0.1, 0.15) is 11.1 Å². The largest absolute Gasteiger partial charge is 0.507 e. The van der Waals surface area contributed by atoms with Gasteiger partial charge in [0.1, 0.15) is 11.5 Å². The van der Waals surface area contributed by atoms with Gasteiger partial charge in [0.2, 0.25) is 0 Å². The van der Waals surface area contributed by atoms with Gasteiger partial charge in [0, 0.05) is 35.0 Å². The highest BCUT2D eigenvalue weighted by Crippen LogP contribution is 2.23. The molecule has 0 bridgehead atoms. The van der Waals surface area contributed by atoms with Crippen LogP contribution in [0.4, 0.5) is 0 Å². The van der Waals surface area contributed by atoms with Crippen molar-refractivity contribution in [1.82, 2.24) is 4.57 Å². The topological polar surface area (TPSA) is 171 Å². The second-order valence-corrected chi connectivity index (χ2v) is 6.71. The van der Waals surface area contributed by atoms with E-state index in [4.69, 9.17) is 10.2 Å². The molecule has 0 amide bonds. The molecule has 0 fully saturated rings. The third-order valence-corrected chi connectivity index (χ3v) is 4.57. The molecule has 0 spiro atoms. The van der Waals surface area contributed by atoms with Crippen molar-refractivity contribution in [3.8, 4) is 5.69 Å². The molecule has 0 aliphatic rings. The number of fused-ring (bicyclic) bond motifs is 1. The number of rotatable bonds is 7. The number of para-hydroxylation sites is 1. The summed E-state index contributed by atoms with van der Waals surface area (Å²) in [5, 5.41) is 37.8. The second-order valence-electron chi connectivity index (χ2n) is 6.71. The summed E-state index contributed by atoms with van der Waals surface area (Å²) < 4.78 is 1.49. The normalized spacial score (nSPS) is 11.9. The fourth-order valence-electron chi connectivity index (χ4n) is 3.01. The van der Waals surface area contributed by atoms with Crippen LogP contribution < -0.4 is 5.43 Å². The zero-order valence-corrected chi connectivity index (χ0v) is 16.6. The highest BCUT2D eigenvalue weighted by Gasteiger charge is 2.18. The van der Waals surface area contributed by atoms with Crippen molar-refractivity contribution < 1.29 is 39.6 Å². The summed E-state index contributed by atoms with van der Waals surface area (Å²) in [4.78, 5) is 57.5. The summed E-state index contributed by atoms with van der Waals surface area (Å²) in [6.07, 6.45) is 2.10. The monoisotopic (exact) mass is 449 g/mol. The molecule has 0 saturated heterocycles. The van der Waals surface area contributed by atoms with Crippen molar-refractivity contribution in [2.75, 3.05) is 0 Å². The number of pyridine rings is 1. The molecule has 33 heavy (non-hydrogen) atoms. The number of nitrogens with zero attached hydrogens (tertiary/aromatic N) is 1. The predicted octanol–water partition coefficient (Wildman–Crippen LogP) is 2.10. The molecule has 0 unspecified atom stereocenters. The van der Waals surface area contributed by atoms with Gasteiger partial charge >= 0.3 is 11.9 Å². The molecule has 3 aromatic rings. The number of aliphatic hydroxyl groups is 2. The van der Waals surface area contributed by atoms with Gasteiger partial charge in [-0.15, -0.1) is 0 Å². The number of carboxylic acids is 2. The number of carbonyl (C=O) groups excluding carboxylic acids is 2. The first-order valence-corrected chi connectivity index (χ1v) is 9.21. The molecular weight excluding hydrogens is 434 g/mol. The molecule has 4 N–H and O–H groups in total. The van der Waals surface area contributed by atoms with Gasteiger partial charge in [0.15, 0.2) is 5.43 Å². The van der Waals surface area contributed by atoms with Crippen molar-refractivity contribution in [3.63, 3.8) is 0 Å². The Labute approximate surface area is 184 Å². The number of hydrogen-bond donors (Lipinski definition) is 4. The first-order valence-electron chi connectivity index (χ1n) is 9.21. The summed E-state index contributed by atoms with van der Waals surface area (Å²) in [6, 6.07) is 12.5. The molecule has 1 heterocycles. The number of hydrogen-bond acceptors (Lipinski definition) is 7. The van der Waals surface area contributed by atoms with E-state index in [0.717, 1.165) is 0 Å². The van der Waals surface area contributed by atoms with E-state index in [1.54, 1.807) is 30.3 Å². The molecule has 166 valence electrons. The van der Waals surface area contributed by atoms with Crippen LogP contribution in [0.2, 0.25) is 0 Å². The maximum absolute atomic E-state index is 13.1. The minimum absolute atomic E-state index is 0.0592. The van der Waals surface area contributed by atoms with Crippen LogP contribution in [0.25, 0.3) is 28.1 Å². The van der Waals surface area contributed by atoms with Gasteiger partial charge in [0.25, 0.3) is 11.6 Å². The number of aliphatic hydroxyl groups excluding tert-OH is 2. The minimum Gasteiger partial charge on any atom is -0.507 e. The molecule has 10 heteroatoms. The molecule has 0 aliphatic heterocycles. The average Bonchev–Trinajstić information content (AvgIpc) is 2.79. The van der Waals surface area contributed by atoms with Crippen molar-refractivity contribution in [1.29, 1.82) is 0 Å². The minimum atomic E-state index is -1.83. The van der Waals surface area contributed by atoms with Crippen molar-refractivity contribution >= 4 is 45.9 Å². The fraction of sp³-hybridized carbons (Fsp3) is 0. The van der Waals surface area contributed by atoms with Crippen molar-refractivity contribution in [2.24, 2.45) is 0 Å². The van der Waals surface area contributed by atoms with E-state index < -0.39 is 46.0 Å². The van der Waals surface area contributed by atoms with Gasteiger partial charge in [-0.25, -0.2) is 9.59 Å². The molecule has 0 saturated carbocycles. The number of benzene rings is 2. The molecular formula is C23H15NO9. The lowest BCUT2D eigenvalue weighted by atomic mass is 10.0. The van der Waals surface area contributed by atoms with Crippen molar-refractivity contribution in [2.45, 2.75) is 0 Å². The number of aromatic nitrogens is 1. The number of ketones is 2. The number of carboxylic acid groups (broad SMARTS) is 2. The lowest BCUT2D eigenvalue weighted by Crippen LogP contribution is -2.16. The van der Waals surface area contributed by atoms with E-state index in [0.29, 0.717) is 23.4 Å². The Morgan fingerprint density at radius 3 is 1.91 bits per heavy atom. The van der Waals surface area contributed by atoms with Crippen molar-refractivity contribution in [3.05, 3.63) is 88.2 Å². The van der Waals surface area contributed by atoms with Gasteiger partial charge in [0.05, 0.1) is 11.1 Å². The molecule has 2 aromatic carbocycles. The third kappa shape index (κ3) is 4.69. The molecule has 3 rings (SSSR count). The Kier molecular flexibility index (Phi) is 6.20. The van der Waals surface area contributed by atoms with Crippen LogP contribution in [-0.4, -0.2) is 48.5 Å². The lowest BCUT2D eigenvalue weighted by molar-refractivity contribution is -0.146. The zero-order chi connectivity index (χ0) is 24.3. The molecule has 0 aliphatic carbocycles. The van der Waals surface area contributed by atoms with Gasteiger partial charge < -0.3 is 25.0 Å². The summed E-state index contributed by atoms with van der Waals surface area (Å²) >= 11 is 0. The smallest absolute Gasteiger partial charge is 0.376 e. The van der Waals surface area contributed by atoms with Gasteiger partial charge in [-0.2, -0.15) is 0 Å². The first kappa shape index (κ1) is 22.7. The first-order chi connectivity index (χ1) is 15.6. The molecule has 10 nitrogen and oxygen atoms in total. The Morgan fingerprint density at radius 2 is 1.33 bits per heavy atom. The van der Waals surface area contributed by atoms with Crippen LogP contribution in [-0.2, 0) is 19.2 Å². The quantitative estimate of drug-likeness (QED) is 0.239. The maximum atomic E-state index is 13.1. The molecule has 0 atom stereocenters.